The van der Waals surface area contributed by atoms with Gasteiger partial charge in [0, 0.05) is 23.6 Å². The molecule has 19 heavy (non-hydrogen) atoms. The average Bonchev–Trinajstić information content (AvgIpc) is 2.32. The summed E-state index contributed by atoms with van der Waals surface area (Å²) >= 11 is 5.73. The van der Waals surface area contributed by atoms with Gasteiger partial charge in [0.15, 0.2) is 5.43 Å². The zero-order chi connectivity index (χ0) is 14.2. The fourth-order valence-corrected chi connectivity index (χ4v) is 1.92. The molecule has 4 nitrogen and oxygen atoms in total. The van der Waals surface area contributed by atoms with Crippen molar-refractivity contribution in [1.82, 2.24) is 4.57 Å². The lowest BCUT2D eigenvalue weighted by Gasteiger charge is -2.12. The fourth-order valence-electron chi connectivity index (χ4n) is 1.75. The van der Waals surface area contributed by atoms with E-state index in [4.69, 9.17) is 22.7 Å². The maximum absolute atomic E-state index is 13.1. The van der Waals surface area contributed by atoms with Crippen LogP contribution in [-0.2, 0) is 0 Å². The van der Waals surface area contributed by atoms with Gasteiger partial charge in [0.2, 0.25) is 0 Å². The SMILES string of the molecule is Cc1cc(=O)c(C(=N)N)cn1-c1ccc(F)c(Cl)c1. The lowest BCUT2D eigenvalue weighted by atomic mass is 10.2. The van der Waals surface area contributed by atoms with Crippen molar-refractivity contribution in [3.63, 3.8) is 0 Å². The summed E-state index contributed by atoms with van der Waals surface area (Å²) in [7, 11) is 0. The summed E-state index contributed by atoms with van der Waals surface area (Å²) in [5.74, 6) is -0.831. The summed E-state index contributed by atoms with van der Waals surface area (Å²) in [4.78, 5) is 11.7. The summed E-state index contributed by atoms with van der Waals surface area (Å²) in [5.41, 5.74) is 6.34. The lowest BCUT2D eigenvalue weighted by molar-refractivity contribution is 0.627. The molecule has 0 saturated carbocycles. The van der Waals surface area contributed by atoms with Gasteiger partial charge in [0.05, 0.1) is 10.6 Å². The first-order valence-corrected chi connectivity index (χ1v) is 5.81. The molecule has 98 valence electrons. The van der Waals surface area contributed by atoms with Crippen LogP contribution in [0.2, 0.25) is 5.02 Å². The van der Waals surface area contributed by atoms with Crippen LogP contribution in [0.15, 0.2) is 35.3 Å². The van der Waals surface area contributed by atoms with Crippen LogP contribution < -0.4 is 11.2 Å². The van der Waals surface area contributed by atoms with E-state index in [-0.39, 0.29) is 21.9 Å². The predicted octanol–water partition coefficient (Wildman–Crippen LogP) is 2.22. The van der Waals surface area contributed by atoms with Gasteiger partial charge in [-0.1, -0.05) is 11.6 Å². The zero-order valence-corrected chi connectivity index (χ0v) is 10.8. The lowest BCUT2D eigenvalue weighted by Crippen LogP contribution is -2.23. The highest BCUT2D eigenvalue weighted by molar-refractivity contribution is 6.30. The van der Waals surface area contributed by atoms with Gasteiger partial charge in [-0.15, -0.1) is 0 Å². The van der Waals surface area contributed by atoms with E-state index >= 15 is 0 Å². The quantitative estimate of drug-likeness (QED) is 0.653. The Morgan fingerprint density at radius 3 is 2.68 bits per heavy atom. The number of pyridine rings is 1. The van der Waals surface area contributed by atoms with Crippen LogP contribution in [0, 0.1) is 18.2 Å². The molecule has 0 aliphatic rings. The summed E-state index contributed by atoms with van der Waals surface area (Å²) in [6.45, 7) is 1.72. The first-order valence-electron chi connectivity index (χ1n) is 5.43. The Morgan fingerprint density at radius 1 is 1.42 bits per heavy atom. The van der Waals surface area contributed by atoms with Gasteiger partial charge < -0.3 is 10.3 Å². The van der Waals surface area contributed by atoms with Gasteiger partial charge in [0.1, 0.15) is 11.7 Å². The van der Waals surface area contributed by atoms with Crippen LogP contribution in [0.5, 0.6) is 0 Å². The Balaban J connectivity index is 2.68. The van der Waals surface area contributed by atoms with Gasteiger partial charge in [0.25, 0.3) is 0 Å². The van der Waals surface area contributed by atoms with Crippen molar-refractivity contribution in [3.05, 3.63) is 62.8 Å². The van der Waals surface area contributed by atoms with E-state index < -0.39 is 5.82 Å². The maximum atomic E-state index is 13.1. The predicted molar refractivity (Wildman–Crippen MR) is 72.8 cm³/mol. The molecule has 0 bridgehead atoms. The van der Waals surface area contributed by atoms with E-state index in [0.717, 1.165) is 0 Å². The highest BCUT2D eigenvalue weighted by Crippen LogP contribution is 2.19. The number of nitrogens with two attached hydrogens (primary N) is 1. The van der Waals surface area contributed by atoms with Crippen molar-refractivity contribution in [2.45, 2.75) is 6.92 Å². The molecule has 0 unspecified atom stereocenters. The van der Waals surface area contributed by atoms with E-state index in [2.05, 4.69) is 0 Å². The van der Waals surface area contributed by atoms with Crippen molar-refractivity contribution in [2.75, 3.05) is 0 Å². The van der Waals surface area contributed by atoms with Crippen molar-refractivity contribution in [3.8, 4) is 5.69 Å². The molecule has 0 radical (unpaired) electrons. The molecule has 0 spiro atoms. The molecular formula is C13H11ClFN3O. The third kappa shape index (κ3) is 2.51. The molecule has 2 aromatic rings. The van der Waals surface area contributed by atoms with Crippen LogP contribution in [0.3, 0.4) is 0 Å². The van der Waals surface area contributed by atoms with E-state index in [0.29, 0.717) is 11.4 Å². The second kappa shape index (κ2) is 4.85. The molecule has 3 N–H and O–H groups in total. The minimum Gasteiger partial charge on any atom is -0.384 e. The number of amidine groups is 1. The van der Waals surface area contributed by atoms with Crippen molar-refractivity contribution >= 4 is 17.4 Å². The molecule has 0 aliphatic heterocycles. The Kier molecular flexibility index (Phi) is 3.40. The molecule has 2 rings (SSSR count). The number of hydrogen-bond donors (Lipinski definition) is 2. The van der Waals surface area contributed by atoms with E-state index in [1.165, 1.54) is 30.5 Å². The smallest absolute Gasteiger partial charge is 0.192 e. The molecule has 0 atom stereocenters. The number of nitrogens with zero attached hydrogens (tertiary/aromatic N) is 1. The Hall–Kier alpha value is -2.14. The molecule has 0 amide bonds. The number of hydrogen-bond acceptors (Lipinski definition) is 2. The molecule has 1 aromatic carbocycles. The minimum atomic E-state index is -0.518. The topological polar surface area (TPSA) is 71.9 Å². The zero-order valence-electron chi connectivity index (χ0n) is 10.1. The Labute approximate surface area is 113 Å². The molecular weight excluding hydrogens is 269 g/mol. The molecule has 1 aromatic heterocycles. The fraction of sp³-hybridized carbons (Fsp3) is 0.0769. The van der Waals surface area contributed by atoms with E-state index in [9.17, 15) is 9.18 Å². The number of nitrogens with one attached hydrogen (secondary N) is 1. The monoisotopic (exact) mass is 279 g/mol. The Bertz CT molecular complexity index is 724. The number of nitrogen functional groups attached to an aromatic ring is 1. The number of halogens is 2. The number of rotatable bonds is 2. The molecule has 6 heteroatoms. The van der Waals surface area contributed by atoms with Gasteiger partial charge in [-0.25, -0.2) is 4.39 Å². The van der Waals surface area contributed by atoms with Crippen LogP contribution >= 0.6 is 11.6 Å². The third-order valence-electron chi connectivity index (χ3n) is 2.72. The van der Waals surface area contributed by atoms with Crippen LogP contribution in [0.25, 0.3) is 5.69 Å². The van der Waals surface area contributed by atoms with Gasteiger partial charge in [-0.05, 0) is 25.1 Å². The van der Waals surface area contributed by atoms with Gasteiger partial charge >= 0.3 is 0 Å². The second-order valence-electron chi connectivity index (χ2n) is 4.07. The second-order valence-corrected chi connectivity index (χ2v) is 4.48. The number of aryl methyl sites for hydroxylation is 1. The maximum Gasteiger partial charge on any atom is 0.192 e. The van der Waals surface area contributed by atoms with Crippen LogP contribution in [0.1, 0.15) is 11.3 Å². The van der Waals surface area contributed by atoms with Crippen molar-refractivity contribution in [1.29, 1.82) is 5.41 Å². The molecule has 0 saturated heterocycles. The van der Waals surface area contributed by atoms with Crippen molar-refractivity contribution in [2.24, 2.45) is 5.73 Å². The number of benzene rings is 1. The van der Waals surface area contributed by atoms with Gasteiger partial charge in [-0.3, -0.25) is 10.2 Å². The van der Waals surface area contributed by atoms with Crippen LogP contribution in [-0.4, -0.2) is 10.4 Å². The van der Waals surface area contributed by atoms with E-state index in [1.54, 1.807) is 11.5 Å². The summed E-state index contributed by atoms with van der Waals surface area (Å²) in [6, 6.07) is 5.58. The van der Waals surface area contributed by atoms with E-state index in [1.807, 2.05) is 0 Å². The van der Waals surface area contributed by atoms with Crippen molar-refractivity contribution < 1.29 is 4.39 Å². The average molecular weight is 280 g/mol. The molecule has 0 aliphatic carbocycles. The first-order chi connectivity index (χ1) is 8.90. The summed E-state index contributed by atoms with van der Waals surface area (Å²) in [5, 5.41) is 7.35. The highest BCUT2D eigenvalue weighted by Gasteiger charge is 2.09. The highest BCUT2D eigenvalue weighted by atomic mass is 35.5. The summed E-state index contributed by atoms with van der Waals surface area (Å²) in [6.07, 6.45) is 1.45. The third-order valence-corrected chi connectivity index (χ3v) is 3.00. The molecule has 1 heterocycles. The largest absolute Gasteiger partial charge is 0.384 e. The van der Waals surface area contributed by atoms with Crippen LogP contribution in [0.4, 0.5) is 4.39 Å². The Morgan fingerprint density at radius 2 is 2.11 bits per heavy atom. The standard InChI is InChI=1S/C13H11ClFN3O/c1-7-4-12(19)9(13(16)17)6-18(7)8-2-3-11(15)10(14)5-8/h2-6H,1H3,(H3,16,17). The minimum absolute atomic E-state index is 0.0139. The van der Waals surface area contributed by atoms with Gasteiger partial charge in [-0.2, -0.15) is 0 Å². The number of aromatic nitrogens is 1. The normalized spacial score (nSPS) is 10.5. The first kappa shape index (κ1) is 13.3. The molecule has 0 fully saturated rings. The summed E-state index contributed by atoms with van der Waals surface area (Å²) < 4.78 is 14.8.